The van der Waals surface area contributed by atoms with Crippen LogP contribution in [-0.4, -0.2) is 33.3 Å². The van der Waals surface area contributed by atoms with Gasteiger partial charge in [0, 0.05) is 24.1 Å². The number of rotatable bonds is 6. The Labute approximate surface area is 135 Å². The Morgan fingerprint density at radius 1 is 1.04 bits per heavy atom. The first-order valence-electron chi connectivity index (χ1n) is 7.44. The maximum atomic E-state index is 9.10. The summed E-state index contributed by atoms with van der Waals surface area (Å²) in [6.07, 6.45) is 4.60. The molecule has 3 N–H and O–H groups in total. The van der Waals surface area contributed by atoms with Crippen LogP contribution in [0.4, 0.5) is 0 Å². The Bertz CT molecular complexity index is 596. The van der Waals surface area contributed by atoms with Crippen LogP contribution in [0, 0.1) is 0 Å². The number of hydrogen-bond acceptors (Lipinski definition) is 3. The van der Waals surface area contributed by atoms with Crippen molar-refractivity contribution in [1.82, 2.24) is 9.88 Å². The van der Waals surface area contributed by atoms with Crippen LogP contribution in [0.1, 0.15) is 25.5 Å². The predicted octanol–water partition coefficient (Wildman–Crippen LogP) is 2.52. The third-order valence-electron chi connectivity index (χ3n) is 3.06. The molecule has 0 saturated carbocycles. The minimum atomic E-state index is -1.82. The molecule has 2 rings (SSSR count). The van der Waals surface area contributed by atoms with Gasteiger partial charge in [-0.15, -0.1) is 0 Å². The van der Waals surface area contributed by atoms with Gasteiger partial charge in [0.25, 0.3) is 0 Å². The standard InChI is InChI=1S/C15H20N2.C2H2O4/c1-2-3-11-16-13-15-10-7-12-17(15)14-8-5-4-6-9-14;3-1(4)2(5)6/h4-10,12,16H,2-3,11,13H2,1H3;(H,3,4)(H,5,6). The van der Waals surface area contributed by atoms with Crippen LogP contribution in [-0.2, 0) is 16.1 Å². The molecule has 124 valence electrons. The summed E-state index contributed by atoms with van der Waals surface area (Å²) in [6, 6.07) is 14.7. The minimum Gasteiger partial charge on any atom is -0.473 e. The molecule has 0 bridgehead atoms. The number of benzene rings is 1. The number of para-hydroxylation sites is 1. The number of aliphatic carboxylic acids is 2. The van der Waals surface area contributed by atoms with Crippen LogP contribution in [0.3, 0.4) is 0 Å². The molecule has 0 fully saturated rings. The molecule has 0 unspecified atom stereocenters. The molecule has 0 aliphatic rings. The Kier molecular flexibility index (Phi) is 8.17. The number of carbonyl (C=O) groups is 2. The van der Waals surface area contributed by atoms with Gasteiger partial charge in [-0.25, -0.2) is 9.59 Å². The number of carboxylic acid groups (broad SMARTS) is 2. The lowest BCUT2D eigenvalue weighted by molar-refractivity contribution is -0.159. The van der Waals surface area contributed by atoms with E-state index in [1.54, 1.807) is 0 Å². The van der Waals surface area contributed by atoms with Crippen molar-refractivity contribution in [2.75, 3.05) is 6.54 Å². The molecule has 2 aromatic rings. The highest BCUT2D eigenvalue weighted by Crippen LogP contribution is 2.11. The summed E-state index contributed by atoms with van der Waals surface area (Å²) in [5.74, 6) is -3.65. The van der Waals surface area contributed by atoms with E-state index in [2.05, 4.69) is 59.4 Å². The van der Waals surface area contributed by atoms with E-state index in [4.69, 9.17) is 19.8 Å². The number of hydrogen-bond donors (Lipinski definition) is 3. The SMILES string of the molecule is CCCCNCc1cccn1-c1ccccc1.O=C(O)C(=O)O. The van der Waals surface area contributed by atoms with Gasteiger partial charge in [-0.2, -0.15) is 0 Å². The van der Waals surface area contributed by atoms with Gasteiger partial charge in [0.05, 0.1) is 0 Å². The average molecular weight is 318 g/mol. The van der Waals surface area contributed by atoms with E-state index in [9.17, 15) is 0 Å². The Balaban J connectivity index is 0.000000379. The fourth-order valence-corrected chi connectivity index (χ4v) is 1.92. The number of nitrogens with zero attached hydrogens (tertiary/aromatic N) is 1. The van der Waals surface area contributed by atoms with Gasteiger partial charge in [0.2, 0.25) is 0 Å². The molecule has 0 saturated heterocycles. The molecular formula is C17H22N2O4. The second-order valence-corrected chi connectivity index (χ2v) is 4.85. The van der Waals surface area contributed by atoms with Gasteiger partial charge in [-0.3, -0.25) is 0 Å². The van der Waals surface area contributed by atoms with Crippen LogP contribution in [0.2, 0.25) is 0 Å². The summed E-state index contributed by atoms with van der Waals surface area (Å²) < 4.78 is 2.24. The topological polar surface area (TPSA) is 91.6 Å². The molecule has 0 atom stereocenters. The lowest BCUT2D eigenvalue weighted by Crippen LogP contribution is -2.16. The van der Waals surface area contributed by atoms with Crippen molar-refractivity contribution in [3.8, 4) is 5.69 Å². The fraction of sp³-hybridized carbons (Fsp3) is 0.294. The van der Waals surface area contributed by atoms with Crippen molar-refractivity contribution in [2.45, 2.75) is 26.3 Å². The molecule has 23 heavy (non-hydrogen) atoms. The highest BCUT2D eigenvalue weighted by Gasteiger charge is 2.04. The van der Waals surface area contributed by atoms with E-state index < -0.39 is 11.9 Å². The summed E-state index contributed by atoms with van der Waals surface area (Å²) in [6.45, 7) is 4.24. The first-order chi connectivity index (χ1) is 11.1. The van der Waals surface area contributed by atoms with Crippen LogP contribution >= 0.6 is 0 Å². The van der Waals surface area contributed by atoms with Crippen molar-refractivity contribution < 1.29 is 19.8 Å². The third-order valence-corrected chi connectivity index (χ3v) is 3.06. The van der Waals surface area contributed by atoms with Crippen LogP contribution in [0.5, 0.6) is 0 Å². The summed E-state index contributed by atoms with van der Waals surface area (Å²) in [5.41, 5.74) is 2.54. The van der Waals surface area contributed by atoms with Crippen LogP contribution in [0.25, 0.3) is 5.69 Å². The van der Waals surface area contributed by atoms with Gasteiger partial charge in [0.1, 0.15) is 0 Å². The molecular weight excluding hydrogens is 296 g/mol. The zero-order chi connectivity index (χ0) is 17.1. The van der Waals surface area contributed by atoms with Crippen LogP contribution in [0.15, 0.2) is 48.7 Å². The predicted molar refractivity (Wildman–Crippen MR) is 87.7 cm³/mol. The third kappa shape index (κ3) is 6.80. The molecule has 0 spiro atoms. The molecule has 0 aliphatic heterocycles. The largest absolute Gasteiger partial charge is 0.473 e. The molecule has 1 heterocycles. The maximum Gasteiger partial charge on any atom is 0.414 e. The quantitative estimate of drug-likeness (QED) is 0.562. The second kappa shape index (κ2) is 10.2. The number of aromatic nitrogens is 1. The van der Waals surface area contributed by atoms with E-state index in [0.717, 1.165) is 13.1 Å². The van der Waals surface area contributed by atoms with Gasteiger partial charge in [0.15, 0.2) is 0 Å². The molecule has 0 aliphatic carbocycles. The first-order valence-corrected chi connectivity index (χ1v) is 7.44. The zero-order valence-corrected chi connectivity index (χ0v) is 13.1. The van der Waals surface area contributed by atoms with Gasteiger partial charge < -0.3 is 20.1 Å². The Morgan fingerprint density at radius 3 is 2.26 bits per heavy atom. The molecule has 0 amide bonds. The second-order valence-electron chi connectivity index (χ2n) is 4.85. The molecule has 6 nitrogen and oxygen atoms in total. The van der Waals surface area contributed by atoms with Crippen molar-refractivity contribution in [1.29, 1.82) is 0 Å². The van der Waals surface area contributed by atoms with Crippen molar-refractivity contribution >= 4 is 11.9 Å². The summed E-state index contributed by atoms with van der Waals surface area (Å²) in [7, 11) is 0. The van der Waals surface area contributed by atoms with Crippen molar-refractivity contribution in [2.24, 2.45) is 0 Å². The lowest BCUT2D eigenvalue weighted by Gasteiger charge is -2.10. The number of nitrogens with one attached hydrogen (secondary N) is 1. The molecule has 1 aromatic heterocycles. The Morgan fingerprint density at radius 2 is 1.70 bits per heavy atom. The van der Waals surface area contributed by atoms with Crippen LogP contribution < -0.4 is 5.32 Å². The lowest BCUT2D eigenvalue weighted by atomic mass is 10.3. The maximum absolute atomic E-state index is 9.10. The van der Waals surface area contributed by atoms with E-state index in [0.29, 0.717) is 0 Å². The van der Waals surface area contributed by atoms with E-state index in [-0.39, 0.29) is 0 Å². The Hall–Kier alpha value is -2.60. The number of carboxylic acids is 2. The summed E-state index contributed by atoms with van der Waals surface area (Å²) in [4.78, 5) is 18.2. The van der Waals surface area contributed by atoms with E-state index >= 15 is 0 Å². The molecule has 0 radical (unpaired) electrons. The monoisotopic (exact) mass is 318 g/mol. The van der Waals surface area contributed by atoms with Gasteiger partial charge in [-0.1, -0.05) is 31.5 Å². The molecule has 1 aromatic carbocycles. The van der Waals surface area contributed by atoms with Gasteiger partial charge in [-0.05, 0) is 37.2 Å². The number of unbranched alkanes of at least 4 members (excludes halogenated alkanes) is 1. The minimum absolute atomic E-state index is 0.932. The summed E-state index contributed by atoms with van der Waals surface area (Å²) in [5, 5.41) is 18.3. The highest BCUT2D eigenvalue weighted by molar-refractivity contribution is 6.27. The van der Waals surface area contributed by atoms with E-state index in [1.807, 2.05) is 6.07 Å². The zero-order valence-electron chi connectivity index (χ0n) is 13.1. The molecule has 6 heteroatoms. The van der Waals surface area contributed by atoms with Crippen molar-refractivity contribution in [3.63, 3.8) is 0 Å². The highest BCUT2D eigenvalue weighted by atomic mass is 16.4. The summed E-state index contributed by atoms with van der Waals surface area (Å²) >= 11 is 0. The normalized spacial score (nSPS) is 9.78. The van der Waals surface area contributed by atoms with E-state index in [1.165, 1.54) is 24.2 Å². The van der Waals surface area contributed by atoms with Crippen molar-refractivity contribution in [3.05, 3.63) is 54.4 Å². The average Bonchev–Trinajstić information content (AvgIpc) is 3.01. The fourth-order valence-electron chi connectivity index (χ4n) is 1.92. The van der Waals surface area contributed by atoms with Gasteiger partial charge >= 0.3 is 11.9 Å². The smallest absolute Gasteiger partial charge is 0.414 e. The first kappa shape index (κ1) is 18.4.